The van der Waals surface area contributed by atoms with Gasteiger partial charge in [-0.1, -0.05) is 0 Å². The smallest absolute Gasteiger partial charge is 0.294 e. The molecule has 0 saturated heterocycles. The van der Waals surface area contributed by atoms with Crippen molar-refractivity contribution < 1.29 is 29.3 Å². The number of ether oxygens (including phenoxy) is 2. The molecule has 0 aromatic heterocycles. The highest BCUT2D eigenvalue weighted by Crippen LogP contribution is 2.66. The average molecular weight is 500 g/mol. The minimum absolute atomic E-state index is 0.0107. The molecular formula is C28H37NO7. The first-order chi connectivity index (χ1) is 17.1. The molecule has 1 aromatic rings. The van der Waals surface area contributed by atoms with Crippen molar-refractivity contribution >= 4 is 5.78 Å². The Labute approximate surface area is 211 Å². The first-order valence-electron chi connectivity index (χ1n) is 13.5. The SMILES string of the molecule is CC1(C)Oc2cc([C@]34CC5CC(C[C@@](COCCO[N+](=O)[O-])(C5)C3)C4)cc(O)c2[C@@H]2CC(=O)CC[C@H]21. The van der Waals surface area contributed by atoms with Gasteiger partial charge in [0.05, 0.1) is 13.2 Å². The number of hydrogen-bond acceptors (Lipinski definition) is 7. The Hall–Kier alpha value is -2.35. The molecule has 0 amide bonds. The van der Waals surface area contributed by atoms with Gasteiger partial charge in [-0.15, -0.1) is 10.1 Å². The van der Waals surface area contributed by atoms with Crippen LogP contribution in [-0.2, 0) is 19.8 Å². The van der Waals surface area contributed by atoms with Crippen molar-refractivity contribution in [2.75, 3.05) is 19.8 Å². The van der Waals surface area contributed by atoms with Gasteiger partial charge in [-0.25, -0.2) is 0 Å². The topological polar surface area (TPSA) is 108 Å². The van der Waals surface area contributed by atoms with Crippen molar-refractivity contribution in [3.63, 3.8) is 0 Å². The Balaban J connectivity index is 1.29. The summed E-state index contributed by atoms with van der Waals surface area (Å²) < 4.78 is 12.5. The quantitative estimate of drug-likeness (QED) is 0.317. The summed E-state index contributed by atoms with van der Waals surface area (Å²) in [5.41, 5.74) is 1.64. The lowest BCUT2D eigenvalue weighted by Gasteiger charge is -2.62. The van der Waals surface area contributed by atoms with E-state index in [0.717, 1.165) is 55.4 Å². The number of Topliss-reactive ketones (excluding diaryl/α,β-unsaturated/α-hetero) is 1. The van der Waals surface area contributed by atoms with E-state index in [2.05, 4.69) is 24.8 Å². The Kier molecular flexibility index (Phi) is 5.56. The van der Waals surface area contributed by atoms with Crippen LogP contribution in [0, 0.1) is 33.3 Å². The second-order valence-electron chi connectivity index (χ2n) is 13.0. The van der Waals surface area contributed by atoms with Crippen molar-refractivity contribution in [2.45, 2.75) is 88.6 Å². The number of carbonyl (C=O) groups is 1. The lowest BCUT2D eigenvalue weighted by Crippen LogP contribution is -2.55. The molecule has 7 rings (SSSR count). The van der Waals surface area contributed by atoms with Crippen molar-refractivity contribution in [1.29, 1.82) is 0 Å². The summed E-state index contributed by atoms with van der Waals surface area (Å²) >= 11 is 0. The average Bonchev–Trinajstić information content (AvgIpc) is 2.76. The largest absolute Gasteiger partial charge is 0.508 e. The minimum Gasteiger partial charge on any atom is -0.508 e. The molecule has 6 aliphatic rings. The molecule has 4 atom stereocenters. The van der Waals surface area contributed by atoms with Gasteiger partial charge >= 0.3 is 0 Å². The van der Waals surface area contributed by atoms with Crippen molar-refractivity contribution in [2.24, 2.45) is 23.2 Å². The van der Waals surface area contributed by atoms with Crippen LogP contribution in [0.15, 0.2) is 12.1 Å². The van der Waals surface area contributed by atoms with Crippen LogP contribution in [0.25, 0.3) is 0 Å². The standard InChI is InChI=1S/C28H37NO7/c1-26(2)22-4-3-20(30)10-21(22)25-23(31)8-19(9-24(25)36-26)28-13-17-7-18(14-28)12-27(11-17,15-28)16-34-5-6-35-29(32)33/h8-9,17-18,21-22,31H,3-7,10-16H2,1-2H3/t17?,18?,21-,22-,27-,28-/m1/s1. The highest BCUT2D eigenvalue weighted by atomic mass is 17.0. The number of hydrogen-bond donors (Lipinski definition) is 1. The molecule has 196 valence electrons. The Morgan fingerprint density at radius 3 is 2.64 bits per heavy atom. The normalized spacial score (nSPS) is 37.7. The lowest BCUT2D eigenvalue weighted by atomic mass is 9.43. The molecule has 5 fully saturated rings. The minimum atomic E-state index is -0.777. The van der Waals surface area contributed by atoms with Crippen LogP contribution in [0.1, 0.15) is 88.7 Å². The zero-order valence-corrected chi connectivity index (χ0v) is 21.3. The summed E-state index contributed by atoms with van der Waals surface area (Å²) in [6, 6.07) is 4.15. The zero-order chi connectivity index (χ0) is 25.3. The maximum Gasteiger partial charge on any atom is 0.294 e. The molecule has 1 aromatic carbocycles. The number of fused-ring (bicyclic) bond motifs is 3. The number of phenolic OH excluding ortho intramolecular Hbond substituents is 1. The summed E-state index contributed by atoms with van der Waals surface area (Å²) in [6.07, 6.45) is 8.61. The van der Waals surface area contributed by atoms with E-state index in [-0.39, 0.29) is 53.0 Å². The predicted octanol–water partition coefficient (Wildman–Crippen LogP) is 5.08. The van der Waals surface area contributed by atoms with E-state index in [9.17, 15) is 20.0 Å². The van der Waals surface area contributed by atoms with Crippen LogP contribution in [-0.4, -0.2) is 41.4 Å². The number of rotatable bonds is 7. The Bertz CT molecular complexity index is 1070. The molecule has 8 heteroatoms. The molecule has 1 heterocycles. The molecule has 36 heavy (non-hydrogen) atoms. The van der Waals surface area contributed by atoms with Crippen LogP contribution in [0.3, 0.4) is 0 Å². The maximum absolute atomic E-state index is 12.4. The van der Waals surface area contributed by atoms with Gasteiger partial charge in [0.1, 0.15) is 29.5 Å². The van der Waals surface area contributed by atoms with E-state index in [1.54, 1.807) is 0 Å². The summed E-state index contributed by atoms with van der Waals surface area (Å²) in [7, 11) is 0. The highest BCUT2D eigenvalue weighted by molar-refractivity contribution is 5.81. The third kappa shape index (κ3) is 3.96. The second-order valence-corrected chi connectivity index (χ2v) is 13.0. The first-order valence-corrected chi connectivity index (χ1v) is 13.5. The molecule has 4 bridgehead atoms. The fourth-order valence-electron chi connectivity index (χ4n) is 9.30. The van der Waals surface area contributed by atoms with E-state index in [0.29, 0.717) is 31.3 Å². The van der Waals surface area contributed by atoms with E-state index >= 15 is 0 Å². The van der Waals surface area contributed by atoms with Crippen molar-refractivity contribution in [3.05, 3.63) is 33.4 Å². The predicted molar refractivity (Wildman–Crippen MR) is 130 cm³/mol. The molecule has 0 radical (unpaired) electrons. The molecule has 8 nitrogen and oxygen atoms in total. The van der Waals surface area contributed by atoms with Crippen LogP contribution >= 0.6 is 0 Å². The number of phenols is 1. The highest BCUT2D eigenvalue weighted by Gasteiger charge is 2.58. The Morgan fingerprint density at radius 2 is 1.92 bits per heavy atom. The molecular weight excluding hydrogens is 462 g/mol. The molecule has 5 aliphatic carbocycles. The van der Waals surface area contributed by atoms with Crippen molar-refractivity contribution in [1.82, 2.24) is 0 Å². The number of ketones is 1. The summed E-state index contributed by atoms with van der Waals surface area (Å²) in [6.45, 7) is 5.00. The van der Waals surface area contributed by atoms with Gasteiger partial charge in [0.15, 0.2) is 0 Å². The van der Waals surface area contributed by atoms with Gasteiger partial charge < -0.3 is 19.4 Å². The number of aromatic hydroxyl groups is 1. The third-order valence-electron chi connectivity index (χ3n) is 10.1. The summed E-state index contributed by atoms with van der Waals surface area (Å²) in [5.74, 6) is 2.79. The van der Waals surface area contributed by atoms with Gasteiger partial charge in [0.2, 0.25) is 0 Å². The van der Waals surface area contributed by atoms with Gasteiger partial charge in [-0.05, 0) is 99.2 Å². The molecule has 0 spiro atoms. The number of nitrogens with zero attached hydrogens (tertiary/aromatic N) is 1. The fraction of sp³-hybridized carbons (Fsp3) is 0.750. The van der Waals surface area contributed by atoms with Crippen LogP contribution in [0.2, 0.25) is 0 Å². The molecule has 5 saturated carbocycles. The van der Waals surface area contributed by atoms with Gasteiger partial charge in [-0.3, -0.25) is 4.79 Å². The van der Waals surface area contributed by atoms with Gasteiger partial charge in [0.25, 0.3) is 5.09 Å². The number of benzene rings is 1. The Morgan fingerprint density at radius 1 is 1.17 bits per heavy atom. The summed E-state index contributed by atoms with van der Waals surface area (Å²) in [4.78, 5) is 27.2. The third-order valence-corrected chi connectivity index (χ3v) is 10.1. The first kappa shape index (κ1) is 24.0. The fourth-order valence-corrected chi connectivity index (χ4v) is 9.30. The van der Waals surface area contributed by atoms with E-state index in [1.807, 2.05) is 6.07 Å². The van der Waals surface area contributed by atoms with Crippen LogP contribution < -0.4 is 4.74 Å². The van der Waals surface area contributed by atoms with Gasteiger partial charge in [-0.2, -0.15) is 0 Å². The monoisotopic (exact) mass is 499 g/mol. The van der Waals surface area contributed by atoms with E-state index in [1.165, 1.54) is 6.42 Å². The lowest BCUT2D eigenvalue weighted by molar-refractivity contribution is -0.758. The van der Waals surface area contributed by atoms with Gasteiger partial charge in [0, 0.05) is 30.2 Å². The van der Waals surface area contributed by atoms with Crippen LogP contribution in [0.5, 0.6) is 11.5 Å². The number of carbonyl (C=O) groups excluding carboxylic acids is 1. The maximum atomic E-state index is 12.4. The molecule has 1 aliphatic heterocycles. The van der Waals surface area contributed by atoms with Crippen molar-refractivity contribution in [3.8, 4) is 11.5 Å². The zero-order valence-electron chi connectivity index (χ0n) is 21.3. The second kappa shape index (κ2) is 8.33. The van der Waals surface area contributed by atoms with E-state index in [4.69, 9.17) is 9.47 Å². The van der Waals surface area contributed by atoms with E-state index < -0.39 is 5.09 Å². The summed E-state index contributed by atoms with van der Waals surface area (Å²) in [5, 5.41) is 21.0. The molecule has 1 N–H and O–H groups in total. The molecule has 2 unspecified atom stereocenters. The van der Waals surface area contributed by atoms with Crippen LogP contribution in [0.4, 0.5) is 0 Å².